The molecule has 4 heteroatoms. The highest BCUT2D eigenvalue weighted by molar-refractivity contribution is 8.00. The summed E-state index contributed by atoms with van der Waals surface area (Å²) in [4.78, 5) is 13.3. The molecule has 0 bridgehead atoms. The average molecular weight is 334 g/mol. The summed E-state index contributed by atoms with van der Waals surface area (Å²) in [6, 6.07) is 17.9. The van der Waals surface area contributed by atoms with Gasteiger partial charge in [-0.3, -0.25) is 4.79 Å². The fraction of sp³-hybridized carbons (Fsp3) is 0.278. The van der Waals surface area contributed by atoms with E-state index in [9.17, 15) is 4.79 Å². The van der Waals surface area contributed by atoms with E-state index in [1.165, 1.54) is 17.3 Å². The SMILES string of the molecule is CC(Cc1ccccc1)NC(=O)C(C)Sc1ccc(Cl)cc1. The summed E-state index contributed by atoms with van der Waals surface area (Å²) >= 11 is 7.41. The normalized spacial score (nSPS) is 13.4. The molecule has 1 amide bonds. The second-order valence-corrected chi connectivity index (χ2v) is 7.16. The van der Waals surface area contributed by atoms with Crippen LogP contribution >= 0.6 is 23.4 Å². The van der Waals surface area contributed by atoms with Gasteiger partial charge in [-0.1, -0.05) is 41.9 Å². The van der Waals surface area contributed by atoms with Gasteiger partial charge in [-0.05, 0) is 50.1 Å². The van der Waals surface area contributed by atoms with Crippen molar-refractivity contribution in [1.29, 1.82) is 0 Å². The minimum Gasteiger partial charge on any atom is -0.352 e. The fourth-order valence-electron chi connectivity index (χ4n) is 2.15. The predicted octanol–water partition coefficient (Wildman–Crippen LogP) is 4.57. The van der Waals surface area contributed by atoms with Crippen LogP contribution in [0, 0.1) is 0 Å². The molecule has 22 heavy (non-hydrogen) atoms. The number of rotatable bonds is 6. The highest BCUT2D eigenvalue weighted by Gasteiger charge is 2.16. The molecule has 0 heterocycles. The standard InChI is InChI=1S/C18H20ClNOS/c1-13(12-15-6-4-3-5-7-15)20-18(21)14(2)22-17-10-8-16(19)9-11-17/h3-11,13-14H,12H2,1-2H3,(H,20,21). The zero-order valence-corrected chi connectivity index (χ0v) is 14.3. The molecule has 2 nitrogen and oxygen atoms in total. The molecular formula is C18H20ClNOS. The van der Waals surface area contributed by atoms with E-state index in [0.29, 0.717) is 5.02 Å². The van der Waals surface area contributed by atoms with Crippen molar-refractivity contribution in [3.8, 4) is 0 Å². The minimum atomic E-state index is -0.139. The van der Waals surface area contributed by atoms with E-state index in [0.717, 1.165) is 11.3 Å². The van der Waals surface area contributed by atoms with Crippen molar-refractivity contribution in [2.24, 2.45) is 0 Å². The van der Waals surface area contributed by atoms with Crippen molar-refractivity contribution in [2.45, 2.75) is 36.5 Å². The van der Waals surface area contributed by atoms with Crippen LogP contribution in [0.5, 0.6) is 0 Å². The van der Waals surface area contributed by atoms with Crippen LogP contribution in [0.3, 0.4) is 0 Å². The Balaban J connectivity index is 1.84. The Kier molecular flexibility index (Phi) is 6.34. The van der Waals surface area contributed by atoms with Crippen LogP contribution in [0.4, 0.5) is 0 Å². The van der Waals surface area contributed by atoms with Crippen molar-refractivity contribution in [3.05, 3.63) is 65.2 Å². The maximum absolute atomic E-state index is 12.3. The first-order chi connectivity index (χ1) is 10.5. The summed E-state index contributed by atoms with van der Waals surface area (Å²) in [5, 5.41) is 3.64. The molecule has 0 saturated heterocycles. The van der Waals surface area contributed by atoms with Crippen LogP contribution in [0.15, 0.2) is 59.5 Å². The molecule has 0 fully saturated rings. The number of hydrogen-bond donors (Lipinski definition) is 1. The lowest BCUT2D eigenvalue weighted by Crippen LogP contribution is -2.38. The van der Waals surface area contributed by atoms with Crippen molar-refractivity contribution in [1.82, 2.24) is 5.32 Å². The highest BCUT2D eigenvalue weighted by atomic mass is 35.5. The van der Waals surface area contributed by atoms with E-state index < -0.39 is 0 Å². The molecule has 1 N–H and O–H groups in total. The first kappa shape index (κ1) is 16.9. The van der Waals surface area contributed by atoms with Crippen LogP contribution in [-0.2, 0) is 11.2 Å². The summed E-state index contributed by atoms with van der Waals surface area (Å²) in [5.74, 6) is 0.0587. The van der Waals surface area contributed by atoms with Gasteiger partial charge in [0.15, 0.2) is 0 Å². The Morgan fingerprint density at radius 2 is 1.73 bits per heavy atom. The number of carbonyl (C=O) groups excluding carboxylic acids is 1. The van der Waals surface area contributed by atoms with Crippen molar-refractivity contribution < 1.29 is 4.79 Å². The Bertz CT molecular complexity index is 600. The van der Waals surface area contributed by atoms with Gasteiger partial charge >= 0.3 is 0 Å². The lowest BCUT2D eigenvalue weighted by molar-refractivity contribution is -0.120. The molecule has 0 radical (unpaired) electrons. The minimum absolute atomic E-state index is 0.0587. The van der Waals surface area contributed by atoms with Gasteiger partial charge in [0.1, 0.15) is 0 Å². The summed E-state index contributed by atoms with van der Waals surface area (Å²) in [6.45, 7) is 3.95. The van der Waals surface area contributed by atoms with E-state index in [1.54, 1.807) is 0 Å². The van der Waals surface area contributed by atoms with Crippen molar-refractivity contribution in [3.63, 3.8) is 0 Å². The second kappa shape index (κ2) is 8.25. The lowest BCUT2D eigenvalue weighted by Gasteiger charge is -2.17. The number of carbonyl (C=O) groups is 1. The van der Waals surface area contributed by atoms with Gasteiger partial charge in [0, 0.05) is 16.0 Å². The molecule has 2 aromatic rings. The van der Waals surface area contributed by atoms with Gasteiger partial charge in [0.25, 0.3) is 0 Å². The molecular weight excluding hydrogens is 314 g/mol. The number of thioether (sulfide) groups is 1. The molecule has 2 aromatic carbocycles. The third-order valence-corrected chi connectivity index (χ3v) is 4.63. The highest BCUT2D eigenvalue weighted by Crippen LogP contribution is 2.24. The number of benzene rings is 2. The third kappa shape index (κ3) is 5.39. The molecule has 0 aliphatic carbocycles. The van der Waals surface area contributed by atoms with Crippen molar-refractivity contribution in [2.75, 3.05) is 0 Å². The first-order valence-corrected chi connectivity index (χ1v) is 8.57. The number of amides is 1. The van der Waals surface area contributed by atoms with Gasteiger partial charge in [-0.25, -0.2) is 0 Å². The van der Waals surface area contributed by atoms with Gasteiger partial charge < -0.3 is 5.32 Å². The maximum atomic E-state index is 12.3. The number of hydrogen-bond acceptors (Lipinski definition) is 2. The smallest absolute Gasteiger partial charge is 0.233 e. The average Bonchev–Trinajstić information content (AvgIpc) is 2.50. The van der Waals surface area contributed by atoms with E-state index in [-0.39, 0.29) is 17.2 Å². The zero-order valence-electron chi connectivity index (χ0n) is 12.8. The molecule has 0 aliphatic heterocycles. The molecule has 2 rings (SSSR count). The Morgan fingerprint density at radius 1 is 1.09 bits per heavy atom. The Morgan fingerprint density at radius 3 is 2.36 bits per heavy atom. The molecule has 0 saturated carbocycles. The quantitative estimate of drug-likeness (QED) is 0.785. The second-order valence-electron chi connectivity index (χ2n) is 5.31. The summed E-state index contributed by atoms with van der Waals surface area (Å²) < 4.78 is 0. The Labute approximate surface area is 141 Å². The summed E-state index contributed by atoms with van der Waals surface area (Å²) in [7, 11) is 0. The van der Waals surface area contributed by atoms with E-state index in [2.05, 4.69) is 17.4 Å². The number of halogens is 1. The monoisotopic (exact) mass is 333 g/mol. The van der Waals surface area contributed by atoms with Gasteiger partial charge in [0.05, 0.1) is 5.25 Å². The third-order valence-electron chi connectivity index (χ3n) is 3.27. The number of nitrogens with one attached hydrogen (secondary N) is 1. The first-order valence-electron chi connectivity index (χ1n) is 7.31. The van der Waals surface area contributed by atoms with E-state index in [4.69, 9.17) is 11.6 Å². The van der Waals surface area contributed by atoms with E-state index in [1.807, 2.05) is 56.3 Å². The maximum Gasteiger partial charge on any atom is 0.233 e. The van der Waals surface area contributed by atoms with Gasteiger partial charge in [-0.2, -0.15) is 0 Å². The van der Waals surface area contributed by atoms with E-state index >= 15 is 0 Å². The van der Waals surface area contributed by atoms with Gasteiger partial charge in [0.2, 0.25) is 5.91 Å². The summed E-state index contributed by atoms with van der Waals surface area (Å²) in [6.07, 6.45) is 0.838. The van der Waals surface area contributed by atoms with Crippen LogP contribution in [0.2, 0.25) is 5.02 Å². The van der Waals surface area contributed by atoms with Crippen LogP contribution in [0.25, 0.3) is 0 Å². The molecule has 2 atom stereocenters. The molecule has 0 aromatic heterocycles. The Hall–Kier alpha value is -1.45. The molecule has 116 valence electrons. The van der Waals surface area contributed by atoms with Crippen LogP contribution in [0.1, 0.15) is 19.4 Å². The largest absolute Gasteiger partial charge is 0.352 e. The van der Waals surface area contributed by atoms with Crippen LogP contribution < -0.4 is 5.32 Å². The van der Waals surface area contributed by atoms with Crippen LogP contribution in [-0.4, -0.2) is 17.2 Å². The van der Waals surface area contributed by atoms with Crippen molar-refractivity contribution >= 4 is 29.3 Å². The fourth-order valence-corrected chi connectivity index (χ4v) is 3.15. The summed E-state index contributed by atoms with van der Waals surface area (Å²) in [5.41, 5.74) is 1.23. The topological polar surface area (TPSA) is 29.1 Å². The zero-order chi connectivity index (χ0) is 15.9. The molecule has 2 unspecified atom stereocenters. The lowest BCUT2D eigenvalue weighted by atomic mass is 10.1. The molecule has 0 spiro atoms. The van der Waals surface area contributed by atoms with Gasteiger partial charge in [-0.15, -0.1) is 11.8 Å². The molecule has 0 aliphatic rings. The predicted molar refractivity (Wildman–Crippen MR) is 94.5 cm³/mol.